The number of aromatic nitrogens is 1. The summed E-state index contributed by atoms with van der Waals surface area (Å²) in [6.07, 6.45) is 1.89. The molecule has 2 N–H and O–H groups in total. The van der Waals surface area contributed by atoms with Gasteiger partial charge in [-0.25, -0.2) is 0 Å². The van der Waals surface area contributed by atoms with Gasteiger partial charge in [0.25, 0.3) is 5.91 Å². The first-order chi connectivity index (χ1) is 7.77. The van der Waals surface area contributed by atoms with Gasteiger partial charge in [0, 0.05) is 32.4 Å². The number of rotatable bonds is 4. The third-order valence-corrected chi connectivity index (χ3v) is 2.84. The molecule has 1 aromatic rings. The van der Waals surface area contributed by atoms with Crippen LogP contribution in [0, 0.1) is 0 Å². The van der Waals surface area contributed by atoms with Crippen LogP contribution in [-0.4, -0.2) is 48.2 Å². The minimum absolute atomic E-state index is 0.369. The Balaban J connectivity index is 1.88. The van der Waals surface area contributed by atoms with Crippen LogP contribution in [0.15, 0.2) is 18.3 Å². The number of amides is 1. The van der Waals surface area contributed by atoms with Gasteiger partial charge in [0.1, 0.15) is 5.69 Å². The summed E-state index contributed by atoms with van der Waals surface area (Å²) in [6, 6.07) is 3.60. The Morgan fingerprint density at radius 1 is 1.38 bits per heavy atom. The van der Waals surface area contributed by atoms with Gasteiger partial charge in [0.2, 0.25) is 0 Å². The van der Waals surface area contributed by atoms with Gasteiger partial charge in [-0.15, -0.1) is 0 Å². The molecule has 1 fully saturated rings. The molecule has 2 rings (SSSR count). The summed E-state index contributed by atoms with van der Waals surface area (Å²) in [5.41, 5.74) is 5.85. The number of primary amides is 1. The minimum Gasteiger partial charge on any atom is -0.379 e. The number of nitrogens with two attached hydrogens (primary N) is 1. The van der Waals surface area contributed by atoms with Crippen LogP contribution in [0.25, 0.3) is 0 Å². The SMILES string of the molecule is NC(=O)c1cccn1CCN1CCOCC1. The van der Waals surface area contributed by atoms with Crippen LogP contribution in [0.4, 0.5) is 0 Å². The van der Waals surface area contributed by atoms with E-state index in [1.165, 1.54) is 0 Å². The normalized spacial score (nSPS) is 17.5. The zero-order chi connectivity index (χ0) is 11.4. The molecule has 5 heteroatoms. The molecule has 1 amide bonds. The number of morpholine rings is 1. The van der Waals surface area contributed by atoms with E-state index in [0.717, 1.165) is 39.4 Å². The molecule has 0 radical (unpaired) electrons. The van der Waals surface area contributed by atoms with Gasteiger partial charge >= 0.3 is 0 Å². The van der Waals surface area contributed by atoms with Crippen molar-refractivity contribution in [1.82, 2.24) is 9.47 Å². The van der Waals surface area contributed by atoms with E-state index in [2.05, 4.69) is 4.90 Å². The van der Waals surface area contributed by atoms with E-state index in [9.17, 15) is 4.79 Å². The predicted octanol–water partition coefficient (Wildman–Crippen LogP) is -0.0808. The van der Waals surface area contributed by atoms with Crippen molar-refractivity contribution in [3.05, 3.63) is 24.0 Å². The summed E-state index contributed by atoms with van der Waals surface area (Å²) < 4.78 is 7.18. The summed E-state index contributed by atoms with van der Waals surface area (Å²) in [4.78, 5) is 13.4. The monoisotopic (exact) mass is 223 g/mol. The van der Waals surface area contributed by atoms with Gasteiger partial charge < -0.3 is 15.0 Å². The van der Waals surface area contributed by atoms with Crippen LogP contribution in [0.1, 0.15) is 10.5 Å². The number of hydrogen-bond acceptors (Lipinski definition) is 3. The number of nitrogens with zero attached hydrogens (tertiary/aromatic N) is 2. The fourth-order valence-corrected chi connectivity index (χ4v) is 1.91. The minimum atomic E-state index is -0.369. The molecular weight excluding hydrogens is 206 g/mol. The highest BCUT2D eigenvalue weighted by atomic mass is 16.5. The predicted molar refractivity (Wildman–Crippen MR) is 60.2 cm³/mol. The third kappa shape index (κ3) is 2.62. The second-order valence-corrected chi connectivity index (χ2v) is 3.91. The standard InChI is InChI=1S/C11H17N3O2/c12-11(15)10-2-1-3-14(10)5-4-13-6-8-16-9-7-13/h1-3H,4-9H2,(H2,12,15). The van der Waals surface area contributed by atoms with Crippen LogP contribution < -0.4 is 5.73 Å². The summed E-state index contributed by atoms with van der Waals surface area (Å²) in [5.74, 6) is -0.369. The summed E-state index contributed by atoms with van der Waals surface area (Å²) in [6.45, 7) is 5.26. The van der Waals surface area contributed by atoms with Gasteiger partial charge in [-0.05, 0) is 12.1 Å². The summed E-state index contributed by atoms with van der Waals surface area (Å²) in [5, 5.41) is 0. The zero-order valence-electron chi connectivity index (χ0n) is 9.26. The highest BCUT2D eigenvalue weighted by Gasteiger charge is 2.11. The van der Waals surface area contributed by atoms with Crippen molar-refractivity contribution >= 4 is 5.91 Å². The Kier molecular flexibility index (Phi) is 3.58. The van der Waals surface area contributed by atoms with E-state index in [1.54, 1.807) is 6.07 Å². The zero-order valence-corrected chi connectivity index (χ0v) is 9.26. The van der Waals surface area contributed by atoms with Gasteiger partial charge in [0.05, 0.1) is 13.2 Å². The van der Waals surface area contributed by atoms with Crippen molar-refractivity contribution in [3.63, 3.8) is 0 Å². The Hall–Kier alpha value is -1.33. The van der Waals surface area contributed by atoms with E-state index in [1.807, 2.05) is 16.8 Å². The van der Waals surface area contributed by atoms with Crippen molar-refractivity contribution in [2.24, 2.45) is 5.73 Å². The number of hydrogen-bond donors (Lipinski definition) is 1. The van der Waals surface area contributed by atoms with Crippen LogP contribution in [0.2, 0.25) is 0 Å². The molecule has 0 bridgehead atoms. The Bertz CT molecular complexity index is 356. The molecular formula is C11H17N3O2. The van der Waals surface area contributed by atoms with Crippen molar-refractivity contribution in [1.29, 1.82) is 0 Å². The third-order valence-electron chi connectivity index (χ3n) is 2.84. The first kappa shape index (κ1) is 11.2. The number of carbonyl (C=O) groups excluding carboxylic acids is 1. The maximum atomic E-state index is 11.1. The van der Waals surface area contributed by atoms with Gasteiger partial charge in [-0.3, -0.25) is 9.69 Å². The van der Waals surface area contributed by atoms with E-state index in [0.29, 0.717) is 5.69 Å². The lowest BCUT2D eigenvalue weighted by Crippen LogP contribution is -2.38. The maximum absolute atomic E-state index is 11.1. The van der Waals surface area contributed by atoms with Crippen molar-refractivity contribution in [2.45, 2.75) is 6.54 Å². The van der Waals surface area contributed by atoms with E-state index in [4.69, 9.17) is 10.5 Å². The quantitative estimate of drug-likeness (QED) is 0.776. The molecule has 0 unspecified atom stereocenters. The lowest BCUT2D eigenvalue weighted by molar-refractivity contribution is 0.0363. The van der Waals surface area contributed by atoms with E-state index < -0.39 is 0 Å². The van der Waals surface area contributed by atoms with Crippen LogP contribution in [-0.2, 0) is 11.3 Å². The lowest BCUT2D eigenvalue weighted by atomic mass is 10.4. The molecule has 0 atom stereocenters. The Morgan fingerprint density at radius 2 is 2.12 bits per heavy atom. The molecule has 1 aliphatic heterocycles. The van der Waals surface area contributed by atoms with Crippen LogP contribution >= 0.6 is 0 Å². The molecule has 0 saturated carbocycles. The van der Waals surface area contributed by atoms with E-state index >= 15 is 0 Å². The highest BCUT2D eigenvalue weighted by molar-refractivity contribution is 5.91. The summed E-state index contributed by atoms with van der Waals surface area (Å²) in [7, 11) is 0. The first-order valence-electron chi connectivity index (χ1n) is 5.52. The molecule has 1 aliphatic rings. The Labute approximate surface area is 94.8 Å². The average Bonchev–Trinajstić information content (AvgIpc) is 2.76. The smallest absolute Gasteiger partial charge is 0.265 e. The molecule has 1 saturated heterocycles. The topological polar surface area (TPSA) is 60.5 Å². The lowest BCUT2D eigenvalue weighted by Gasteiger charge is -2.26. The Morgan fingerprint density at radius 3 is 2.81 bits per heavy atom. The molecule has 16 heavy (non-hydrogen) atoms. The average molecular weight is 223 g/mol. The van der Waals surface area contributed by atoms with Gasteiger partial charge in [-0.2, -0.15) is 0 Å². The fraction of sp³-hybridized carbons (Fsp3) is 0.545. The number of ether oxygens (including phenoxy) is 1. The van der Waals surface area contributed by atoms with Crippen LogP contribution in [0.5, 0.6) is 0 Å². The second kappa shape index (κ2) is 5.14. The van der Waals surface area contributed by atoms with Crippen molar-refractivity contribution < 1.29 is 9.53 Å². The molecule has 0 aliphatic carbocycles. The first-order valence-corrected chi connectivity index (χ1v) is 5.52. The van der Waals surface area contributed by atoms with Gasteiger partial charge in [0.15, 0.2) is 0 Å². The van der Waals surface area contributed by atoms with Crippen LogP contribution in [0.3, 0.4) is 0 Å². The molecule has 0 spiro atoms. The molecule has 5 nitrogen and oxygen atoms in total. The largest absolute Gasteiger partial charge is 0.379 e. The van der Waals surface area contributed by atoms with Gasteiger partial charge in [-0.1, -0.05) is 0 Å². The second-order valence-electron chi connectivity index (χ2n) is 3.91. The highest BCUT2D eigenvalue weighted by Crippen LogP contribution is 2.03. The molecule has 88 valence electrons. The maximum Gasteiger partial charge on any atom is 0.265 e. The van der Waals surface area contributed by atoms with Crippen molar-refractivity contribution in [2.75, 3.05) is 32.8 Å². The van der Waals surface area contributed by atoms with E-state index in [-0.39, 0.29) is 5.91 Å². The molecule has 1 aromatic heterocycles. The fourth-order valence-electron chi connectivity index (χ4n) is 1.91. The molecule has 0 aromatic carbocycles. The summed E-state index contributed by atoms with van der Waals surface area (Å²) >= 11 is 0. The molecule has 2 heterocycles. The van der Waals surface area contributed by atoms with Crippen molar-refractivity contribution in [3.8, 4) is 0 Å². The number of carbonyl (C=O) groups is 1.